The van der Waals surface area contributed by atoms with Gasteiger partial charge in [0.05, 0.1) is 25.4 Å². The topological polar surface area (TPSA) is 181 Å². The SMILES string of the molecule is C=CC1C(OC2OC(CO)C(OC(=O)C=Cc3ccc(O)cc3)C(O)C2O)OC=C2C(=O)OCCC21O. The molecule has 0 bridgehead atoms. The number of aliphatic hydroxyl groups is 4. The number of cyclic esters (lactones) is 1. The summed E-state index contributed by atoms with van der Waals surface area (Å²) in [6, 6.07) is 6.00. The molecular weight excluding hydrogens is 492 g/mol. The van der Waals surface area contributed by atoms with Gasteiger partial charge in [-0.2, -0.15) is 0 Å². The van der Waals surface area contributed by atoms with Crippen LogP contribution in [0, 0.1) is 5.92 Å². The van der Waals surface area contributed by atoms with Crippen molar-refractivity contribution < 1.29 is 58.8 Å². The van der Waals surface area contributed by atoms with E-state index in [0.29, 0.717) is 5.56 Å². The Bertz CT molecular complexity index is 1060. The summed E-state index contributed by atoms with van der Waals surface area (Å²) < 4.78 is 26.9. The minimum Gasteiger partial charge on any atom is -0.508 e. The molecule has 0 spiro atoms. The Morgan fingerprint density at radius 1 is 1.19 bits per heavy atom. The lowest BCUT2D eigenvalue weighted by Crippen LogP contribution is -2.62. The van der Waals surface area contributed by atoms with Crippen molar-refractivity contribution in [3.63, 3.8) is 0 Å². The van der Waals surface area contributed by atoms with E-state index >= 15 is 0 Å². The number of phenolic OH excluding ortho intramolecular Hbond substituents is 1. The van der Waals surface area contributed by atoms with Crippen molar-refractivity contribution in [1.29, 1.82) is 0 Å². The van der Waals surface area contributed by atoms with E-state index in [0.717, 1.165) is 12.3 Å². The zero-order valence-corrected chi connectivity index (χ0v) is 19.6. The molecule has 0 saturated carbocycles. The van der Waals surface area contributed by atoms with Crippen LogP contribution in [-0.2, 0) is 33.3 Å². The Morgan fingerprint density at radius 3 is 2.59 bits per heavy atom. The fourth-order valence-corrected chi connectivity index (χ4v) is 4.42. The minimum atomic E-state index is -1.74. The second kappa shape index (κ2) is 11.0. The number of rotatable bonds is 7. The number of aliphatic hydroxyl groups excluding tert-OH is 3. The van der Waals surface area contributed by atoms with Crippen molar-refractivity contribution in [3.8, 4) is 5.75 Å². The third kappa shape index (κ3) is 5.39. The van der Waals surface area contributed by atoms with Crippen molar-refractivity contribution in [1.82, 2.24) is 0 Å². The van der Waals surface area contributed by atoms with Gasteiger partial charge in [-0.15, -0.1) is 6.58 Å². The van der Waals surface area contributed by atoms with Crippen LogP contribution in [0.25, 0.3) is 6.08 Å². The van der Waals surface area contributed by atoms with Crippen LogP contribution in [0.3, 0.4) is 0 Å². The van der Waals surface area contributed by atoms with Crippen LogP contribution in [0.2, 0.25) is 0 Å². The average Bonchev–Trinajstić information content (AvgIpc) is 2.87. The molecule has 3 aliphatic heterocycles. The first-order valence-electron chi connectivity index (χ1n) is 11.5. The molecular formula is C25H28O12. The van der Waals surface area contributed by atoms with E-state index in [-0.39, 0.29) is 24.4 Å². The molecule has 1 aromatic rings. The van der Waals surface area contributed by atoms with E-state index in [1.54, 1.807) is 12.1 Å². The van der Waals surface area contributed by atoms with Crippen LogP contribution < -0.4 is 0 Å². The molecule has 0 aromatic heterocycles. The molecule has 5 N–H and O–H groups in total. The maximum Gasteiger partial charge on any atom is 0.340 e. The van der Waals surface area contributed by atoms with Gasteiger partial charge in [-0.05, 0) is 23.8 Å². The number of esters is 2. The number of carbonyl (C=O) groups is 2. The van der Waals surface area contributed by atoms with Crippen molar-refractivity contribution >= 4 is 18.0 Å². The summed E-state index contributed by atoms with van der Waals surface area (Å²) in [6.45, 7) is 2.94. The molecule has 1 aromatic carbocycles. The highest BCUT2D eigenvalue weighted by molar-refractivity contribution is 5.91. The molecule has 4 rings (SSSR count). The normalized spacial score (nSPS) is 35.6. The molecule has 0 radical (unpaired) electrons. The highest BCUT2D eigenvalue weighted by atomic mass is 16.8. The Labute approximate surface area is 211 Å². The number of aromatic hydroxyl groups is 1. The van der Waals surface area contributed by atoms with Gasteiger partial charge in [-0.1, -0.05) is 18.2 Å². The van der Waals surface area contributed by atoms with E-state index in [1.165, 1.54) is 24.3 Å². The van der Waals surface area contributed by atoms with Gasteiger partial charge in [0, 0.05) is 12.5 Å². The van der Waals surface area contributed by atoms with Crippen molar-refractivity contribution in [2.45, 2.75) is 49.0 Å². The summed E-state index contributed by atoms with van der Waals surface area (Å²) in [5.74, 6) is -2.53. The number of carbonyl (C=O) groups excluding carboxylic acids is 2. The molecule has 3 aliphatic rings. The average molecular weight is 520 g/mol. The second-order valence-corrected chi connectivity index (χ2v) is 8.78. The number of fused-ring (bicyclic) bond motifs is 1. The van der Waals surface area contributed by atoms with Crippen LogP contribution in [0.1, 0.15) is 12.0 Å². The van der Waals surface area contributed by atoms with E-state index in [1.807, 2.05) is 0 Å². The third-order valence-electron chi connectivity index (χ3n) is 6.47. The van der Waals surface area contributed by atoms with Gasteiger partial charge in [-0.3, -0.25) is 0 Å². The van der Waals surface area contributed by atoms with Crippen LogP contribution in [0.4, 0.5) is 0 Å². The first-order chi connectivity index (χ1) is 17.7. The minimum absolute atomic E-state index is 0.0359. The molecule has 0 amide bonds. The van der Waals surface area contributed by atoms with E-state index in [2.05, 4.69) is 6.58 Å². The number of benzene rings is 1. The van der Waals surface area contributed by atoms with E-state index < -0.39 is 67.1 Å². The molecule has 0 aliphatic carbocycles. The molecule has 12 nitrogen and oxygen atoms in total. The monoisotopic (exact) mass is 520 g/mol. The molecule has 8 unspecified atom stereocenters. The Hall–Kier alpha value is -3.26. The van der Waals surface area contributed by atoms with Crippen molar-refractivity contribution in [3.05, 3.63) is 60.4 Å². The predicted molar refractivity (Wildman–Crippen MR) is 123 cm³/mol. The molecule has 12 heteroatoms. The summed E-state index contributed by atoms with van der Waals surface area (Å²) in [4.78, 5) is 24.4. The first kappa shape index (κ1) is 26.8. The van der Waals surface area contributed by atoms with E-state index in [9.17, 15) is 35.1 Å². The Balaban J connectivity index is 1.44. The Kier molecular flexibility index (Phi) is 7.97. The lowest BCUT2D eigenvalue weighted by atomic mass is 9.76. The third-order valence-corrected chi connectivity index (χ3v) is 6.47. The van der Waals surface area contributed by atoms with Crippen molar-refractivity contribution in [2.24, 2.45) is 5.92 Å². The summed E-state index contributed by atoms with van der Waals surface area (Å²) in [7, 11) is 0. The second-order valence-electron chi connectivity index (χ2n) is 8.78. The van der Waals surface area contributed by atoms with Crippen LogP contribution in [0.5, 0.6) is 5.75 Å². The quantitative estimate of drug-likeness (QED) is 0.177. The summed E-state index contributed by atoms with van der Waals surface area (Å²) in [5.41, 5.74) is -1.21. The first-order valence-corrected chi connectivity index (χ1v) is 11.5. The molecule has 8 atom stereocenters. The maximum absolute atomic E-state index is 12.3. The molecule has 2 fully saturated rings. The van der Waals surface area contributed by atoms with Gasteiger partial charge in [-0.25, -0.2) is 9.59 Å². The van der Waals surface area contributed by atoms with Crippen LogP contribution in [0.15, 0.2) is 54.8 Å². The van der Waals surface area contributed by atoms with Gasteiger partial charge in [0.25, 0.3) is 0 Å². The van der Waals surface area contributed by atoms with Gasteiger partial charge < -0.3 is 49.2 Å². The molecule has 2 saturated heterocycles. The van der Waals surface area contributed by atoms with Gasteiger partial charge in [0.2, 0.25) is 6.29 Å². The zero-order chi connectivity index (χ0) is 26.7. The Morgan fingerprint density at radius 2 is 1.92 bits per heavy atom. The van der Waals surface area contributed by atoms with Crippen molar-refractivity contribution in [2.75, 3.05) is 13.2 Å². The smallest absolute Gasteiger partial charge is 0.340 e. The van der Waals surface area contributed by atoms with Gasteiger partial charge in [0.1, 0.15) is 35.2 Å². The lowest BCUT2D eigenvalue weighted by Gasteiger charge is -2.46. The summed E-state index contributed by atoms with van der Waals surface area (Å²) in [6.07, 6.45) is -4.14. The molecule has 200 valence electrons. The standard InChI is InChI=1S/C25H28O12/c1-2-15-23(34-12-16-22(31)33-10-9-25(15,16)32)37-24-20(30)19(29)21(17(11-26)35-24)36-18(28)8-5-13-3-6-14(27)7-4-13/h2-8,12,15,17,19-21,23-24,26-27,29-30,32H,1,9-11H2. The van der Waals surface area contributed by atoms with Gasteiger partial charge in [0.15, 0.2) is 12.4 Å². The number of hydrogen-bond donors (Lipinski definition) is 5. The predicted octanol–water partition coefficient (Wildman–Crippen LogP) is -0.507. The lowest BCUT2D eigenvalue weighted by molar-refractivity contribution is -0.344. The van der Waals surface area contributed by atoms with E-state index in [4.69, 9.17) is 23.7 Å². The van der Waals surface area contributed by atoms with Crippen LogP contribution in [-0.4, -0.2) is 93.3 Å². The van der Waals surface area contributed by atoms with Gasteiger partial charge >= 0.3 is 11.9 Å². The molecule has 3 heterocycles. The zero-order valence-electron chi connectivity index (χ0n) is 19.6. The molecule has 37 heavy (non-hydrogen) atoms. The maximum atomic E-state index is 12.3. The number of ether oxygens (including phenoxy) is 5. The number of phenols is 1. The fraction of sp³-hybridized carbons (Fsp3) is 0.440. The number of hydrogen-bond acceptors (Lipinski definition) is 12. The summed E-state index contributed by atoms with van der Waals surface area (Å²) in [5, 5.41) is 51.6. The highest BCUT2D eigenvalue weighted by Gasteiger charge is 2.55. The fourth-order valence-electron chi connectivity index (χ4n) is 4.42. The summed E-state index contributed by atoms with van der Waals surface area (Å²) >= 11 is 0. The van der Waals surface area contributed by atoms with Crippen LogP contribution >= 0.6 is 0 Å². The highest BCUT2D eigenvalue weighted by Crippen LogP contribution is 2.42. The largest absolute Gasteiger partial charge is 0.508 e.